The molecule has 1 unspecified atom stereocenters. The van der Waals surface area contributed by atoms with Crippen LogP contribution in [0.4, 0.5) is 11.5 Å². The number of nitrogen functional groups attached to an aromatic ring is 1. The van der Waals surface area contributed by atoms with Gasteiger partial charge in [-0.2, -0.15) is 5.10 Å². The van der Waals surface area contributed by atoms with Gasteiger partial charge in [0, 0.05) is 49.2 Å². The fourth-order valence-electron chi connectivity index (χ4n) is 3.49. The molecule has 0 spiro atoms. The summed E-state index contributed by atoms with van der Waals surface area (Å²) >= 11 is 0. The van der Waals surface area contributed by atoms with Crippen molar-refractivity contribution < 1.29 is 5.11 Å². The molecule has 0 saturated carbocycles. The molecule has 1 saturated heterocycles. The molecular weight excluding hydrogens is 354 g/mol. The Morgan fingerprint density at radius 3 is 2.75 bits per heavy atom. The van der Waals surface area contributed by atoms with Crippen molar-refractivity contribution in [1.29, 1.82) is 5.41 Å². The molecule has 144 valence electrons. The van der Waals surface area contributed by atoms with Crippen molar-refractivity contribution in [2.75, 3.05) is 23.7 Å². The summed E-state index contributed by atoms with van der Waals surface area (Å²) in [5, 5.41) is 22.7. The predicted octanol–water partition coefficient (Wildman–Crippen LogP) is 1.75. The summed E-state index contributed by atoms with van der Waals surface area (Å²) in [6.07, 6.45) is 5.56. The van der Waals surface area contributed by atoms with Crippen molar-refractivity contribution in [1.82, 2.24) is 19.7 Å². The zero-order chi connectivity index (χ0) is 19.8. The van der Waals surface area contributed by atoms with Crippen LogP contribution in [-0.2, 0) is 7.05 Å². The number of benzene rings is 1. The minimum absolute atomic E-state index is 0.245. The Balaban J connectivity index is 1.71. The van der Waals surface area contributed by atoms with Gasteiger partial charge in [-0.15, -0.1) is 0 Å². The summed E-state index contributed by atoms with van der Waals surface area (Å²) in [5.74, 6) is 0.713. The molecule has 0 radical (unpaired) electrons. The molecule has 3 aromatic rings. The lowest BCUT2D eigenvalue weighted by atomic mass is 9.96. The third-order valence-corrected chi connectivity index (χ3v) is 5.09. The number of nitrogens with one attached hydrogen (secondary N) is 1. The molecule has 0 amide bonds. The quantitative estimate of drug-likeness (QED) is 0.471. The minimum atomic E-state index is -0.340. The summed E-state index contributed by atoms with van der Waals surface area (Å²) in [6, 6.07) is 5.69. The minimum Gasteiger partial charge on any atom is -0.398 e. The molecule has 1 aromatic carbocycles. The van der Waals surface area contributed by atoms with Crippen molar-refractivity contribution in [3.63, 3.8) is 0 Å². The summed E-state index contributed by atoms with van der Waals surface area (Å²) < 4.78 is 1.74. The lowest BCUT2D eigenvalue weighted by Crippen LogP contribution is -2.23. The second kappa shape index (κ2) is 7.05. The number of aryl methyl sites for hydroxylation is 2. The van der Waals surface area contributed by atoms with Crippen molar-refractivity contribution >= 4 is 17.2 Å². The van der Waals surface area contributed by atoms with Crippen molar-refractivity contribution in [3.8, 4) is 11.1 Å². The molecule has 1 atom stereocenters. The van der Waals surface area contributed by atoms with Crippen LogP contribution >= 0.6 is 0 Å². The number of aliphatic hydroxyl groups is 1. The summed E-state index contributed by atoms with van der Waals surface area (Å²) in [4.78, 5) is 10.6. The molecule has 4 rings (SSSR count). The van der Waals surface area contributed by atoms with Gasteiger partial charge in [0.25, 0.3) is 0 Å². The lowest BCUT2D eigenvalue weighted by molar-refractivity contribution is 0.198. The van der Waals surface area contributed by atoms with E-state index in [9.17, 15) is 5.11 Å². The van der Waals surface area contributed by atoms with Crippen molar-refractivity contribution in [2.24, 2.45) is 7.05 Å². The first-order valence-electron chi connectivity index (χ1n) is 9.16. The number of aliphatic hydroxyl groups excluding tert-OH is 1. The fraction of sp³-hybridized carbons (Fsp3) is 0.300. The van der Waals surface area contributed by atoms with Gasteiger partial charge in [-0.3, -0.25) is 10.1 Å². The molecule has 1 fully saturated rings. The first-order chi connectivity index (χ1) is 13.4. The van der Waals surface area contributed by atoms with E-state index < -0.39 is 0 Å². The summed E-state index contributed by atoms with van der Waals surface area (Å²) in [7, 11) is 1.87. The van der Waals surface area contributed by atoms with E-state index in [1.54, 1.807) is 16.9 Å². The number of aromatic nitrogens is 4. The average Bonchev–Trinajstić information content (AvgIpc) is 3.32. The Bertz CT molecular complexity index is 1040. The van der Waals surface area contributed by atoms with E-state index in [1.807, 2.05) is 37.2 Å². The van der Waals surface area contributed by atoms with Crippen LogP contribution in [0.5, 0.6) is 0 Å². The first-order valence-corrected chi connectivity index (χ1v) is 9.16. The number of hydrogen-bond donors (Lipinski definition) is 3. The van der Waals surface area contributed by atoms with E-state index in [2.05, 4.69) is 15.1 Å². The average molecular weight is 377 g/mol. The number of hydrogen-bond acceptors (Lipinski definition) is 7. The van der Waals surface area contributed by atoms with E-state index in [-0.39, 0.29) is 11.8 Å². The van der Waals surface area contributed by atoms with Crippen LogP contribution in [0.3, 0.4) is 0 Å². The number of rotatable bonds is 4. The fourth-order valence-corrected chi connectivity index (χ4v) is 3.49. The third kappa shape index (κ3) is 3.34. The van der Waals surface area contributed by atoms with Gasteiger partial charge < -0.3 is 15.7 Å². The molecule has 1 aliphatic heterocycles. The SMILES string of the molecule is Cc1cc(-c2cnn(C)c2)cc(C(=N)c2cc(N3CCC(O)C3)ncn2)c1N. The molecule has 1 aliphatic rings. The van der Waals surface area contributed by atoms with Gasteiger partial charge in [0.1, 0.15) is 12.1 Å². The highest BCUT2D eigenvalue weighted by atomic mass is 16.3. The molecular formula is C20H23N7O. The second-order valence-electron chi connectivity index (χ2n) is 7.18. The normalized spacial score (nSPS) is 16.5. The highest BCUT2D eigenvalue weighted by Gasteiger charge is 2.22. The smallest absolute Gasteiger partial charge is 0.132 e. The third-order valence-electron chi connectivity index (χ3n) is 5.09. The van der Waals surface area contributed by atoms with Crippen LogP contribution in [0.1, 0.15) is 23.2 Å². The van der Waals surface area contributed by atoms with Gasteiger partial charge >= 0.3 is 0 Å². The van der Waals surface area contributed by atoms with E-state index in [0.29, 0.717) is 29.3 Å². The van der Waals surface area contributed by atoms with Gasteiger partial charge in [-0.05, 0) is 36.6 Å². The Kier molecular flexibility index (Phi) is 4.56. The Labute approximate surface area is 163 Å². The lowest BCUT2D eigenvalue weighted by Gasteiger charge is -2.17. The number of nitrogens with zero attached hydrogens (tertiary/aromatic N) is 5. The first kappa shape index (κ1) is 18.1. The topological polar surface area (TPSA) is 117 Å². The highest BCUT2D eigenvalue weighted by molar-refractivity contribution is 6.13. The second-order valence-corrected chi connectivity index (χ2v) is 7.18. The van der Waals surface area contributed by atoms with Crippen molar-refractivity contribution in [2.45, 2.75) is 19.4 Å². The highest BCUT2D eigenvalue weighted by Crippen LogP contribution is 2.29. The maximum absolute atomic E-state index is 9.77. The monoisotopic (exact) mass is 377 g/mol. The van der Waals surface area contributed by atoms with E-state index in [1.165, 1.54) is 6.33 Å². The van der Waals surface area contributed by atoms with Gasteiger partial charge in [0.05, 0.1) is 23.7 Å². The molecule has 8 nitrogen and oxygen atoms in total. The van der Waals surface area contributed by atoms with E-state index in [4.69, 9.17) is 11.1 Å². The van der Waals surface area contributed by atoms with Crippen LogP contribution in [0, 0.1) is 12.3 Å². The van der Waals surface area contributed by atoms with Crippen LogP contribution < -0.4 is 10.6 Å². The molecule has 28 heavy (non-hydrogen) atoms. The summed E-state index contributed by atoms with van der Waals surface area (Å²) in [6.45, 7) is 3.22. The maximum Gasteiger partial charge on any atom is 0.132 e. The summed E-state index contributed by atoms with van der Waals surface area (Å²) in [5.41, 5.74) is 11.1. The number of β-amino-alcohol motifs (C(OH)–C–C–N with tert-alkyl or cyclic N) is 1. The number of nitrogens with two attached hydrogens (primary N) is 1. The van der Waals surface area contributed by atoms with Crippen LogP contribution in [0.15, 0.2) is 36.9 Å². The Morgan fingerprint density at radius 2 is 2.07 bits per heavy atom. The van der Waals surface area contributed by atoms with Gasteiger partial charge in [-0.1, -0.05) is 0 Å². The zero-order valence-electron chi connectivity index (χ0n) is 15.9. The standard InChI is InChI=1S/C20H23N7O/c1-12-5-13(14-8-25-26(2)9-14)6-16(19(12)21)20(22)17-7-18(24-11-23-17)27-4-3-15(28)10-27/h5-9,11,15,22,28H,3-4,10,21H2,1-2H3. The van der Waals surface area contributed by atoms with Crippen LogP contribution in [-0.4, -0.2) is 49.8 Å². The largest absolute Gasteiger partial charge is 0.398 e. The molecule has 0 bridgehead atoms. The molecule has 4 N–H and O–H groups in total. The van der Waals surface area contributed by atoms with Crippen molar-refractivity contribution in [3.05, 3.63) is 53.7 Å². The molecule has 3 heterocycles. The Hall–Kier alpha value is -3.26. The molecule has 0 aliphatic carbocycles. The van der Waals surface area contributed by atoms with Gasteiger partial charge in [-0.25, -0.2) is 9.97 Å². The van der Waals surface area contributed by atoms with Crippen LogP contribution in [0.2, 0.25) is 0 Å². The number of anilines is 2. The zero-order valence-corrected chi connectivity index (χ0v) is 15.9. The molecule has 8 heteroatoms. The van der Waals surface area contributed by atoms with E-state index in [0.717, 1.165) is 29.7 Å². The predicted molar refractivity (Wildman–Crippen MR) is 109 cm³/mol. The molecule has 2 aromatic heterocycles. The maximum atomic E-state index is 9.77. The van der Waals surface area contributed by atoms with Gasteiger partial charge in [0.15, 0.2) is 0 Å². The van der Waals surface area contributed by atoms with Gasteiger partial charge in [0.2, 0.25) is 0 Å². The van der Waals surface area contributed by atoms with Crippen LogP contribution in [0.25, 0.3) is 11.1 Å². The Morgan fingerprint density at radius 1 is 1.25 bits per heavy atom. The van der Waals surface area contributed by atoms with E-state index >= 15 is 0 Å².